The number of nitrogens with zero attached hydrogens (tertiary/aromatic N) is 1. The number of hydrogen-bond donors (Lipinski definition) is 1. The van der Waals surface area contributed by atoms with Crippen LogP contribution in [0.3, 0.4) is 0 Å². The van der Waals surface area contributed by atoms with Crippen LogP contribution in [-0.4, -0.2) is 40.0 Å². The Bertz CT molecular complexity index is 1250. The van der Waals surface area contributed by atoms with Gasteiger partial charge in [-0.1, -0.05) is 54.6 Å². The normalized spacial score (nSPS) is 12.9. The van der Waals surface area contributed by atoms with Gasteiger partial charge in [-0.25, -0.2) is 9.78 Å². The molecule has 4 rings (SSSR count). The molecule has 0 aliphatic heterocycles. The average Bonchev–Trinajstić information content (AvgIpc) is 2.84. The van der Waals surface area contributed by atoms with Gasteiger partial charge < -0.3 is 10.1 Å². The number of aromatic nitrogens is 1. The Labute approximate surface area is 188 Å². The molecule has 7 heteroatoms. The van der Waals surface area contributed by atoms with Gasteiger partial charge in [-0.05, 0) is 30.7 Å². The summed E-state index contributed by atoms with van der Waals surface area (Å²) in [5, 5.41) is 4.19. The Hall–Kier alpha value is -3.58. The molecule has 0 aliphatic rings. The number of carbonyl (C=O) groups is 2. The van der Waals surface area contributed by atoms with Gasteiger partial charge in [0.1, 0.15) is 6.04 Å². The van der Waals surface area contributed by atoms with E-state index < -0.39 is 28.7 Å². The molecule has 1 aromatic heterocycles. The maximum absolute atomic E-state index is 13.4. The molecule has 2 atom stereocenters. The molecular formula is C25H22N2O4S. The Morgan fingerprint density at radius 1 is 0.906 bits per heavy atom. The van der Waals surface area contributed by atoms with Crippen LogP contribution in [0, 0.1) is 0 Å². The van der Waals surface area contributed by atoms with Gasteiger partial charge in [0.05, 0.1) is 34.5 Å². The Balaban J connectivity index is 1.63. The van der Waals surface area contributed by atoms with E-state index in [1.54, 1.807) is 12.1 Å². The van der Waals surface area contributed by atoms with Crippen LogP contribution in [0.2, 0.25) is 0 Å². The van der Waals surface area contributed by atoms with Crippen molar-refractivity contribution < 1.29 is 18.5 Å². The molecule has 32 heavy (non-hydrogen) atoms. The summed E-state index contributed by atoms with van der Waals surface area (Å²) in [6.07, 6.45) is 0.181. The van der Waals surface area contributed by atoms with E-state index in [4.69, 9.17) is 4.74 Å². The van der Waals surface area contributed by atoms with Crippen LogP contribution in [-0.2, 0) is 20.3 Å². The largest absolute Gasteiger partial charge is 0.467 e. The molecule has 162 valence electrons. The average molecular weight is 447 g/mol. The molecule has 0 saturated heterocycles. The molecule has 0 bridgehead atoms. The monoisotopic (exact) mass is 446 g/mol. The number of fused-ring (bicyclic) bond motifs is 2. The first-order valence-electron chi connectivity index (χ1n) is 10.2. The van der Waals surface area contributed by atoms with Crippen LogP contribution in [0.25, 0.3) is 21.8 Å². The smallest absolute Gasteiger partial charge is 0.328 e. The Morgan fingerprint density at radius 3 is 2.06 bits per heavy atom. The number of amides is 1. The van der Waals surface area contributed by atoms with Crippen molar-refractivity contribution in [3.63, 3.8) is 0 Å². The number of methoxy groups -OCH3 is 1. The lowest BCUT2D eigenvalue weighted by atomic mass is 10.0. The highest BCUT2D eigenvalue weighted by molar-refractivity contribution is 7.85. The van der Waals surface area contributed by atoms with Gasteiger partial charge in [0.15, 0.2) is 0 Å². The summed E-state index contributed by atoms with van der Waals surface area (Å²) >= 11 is 0. The number of para-hydroxylation sites is 2. The third-order valence-corrected chi connectivity index (χ3v) is 6.61. The number of ether oxygens (including phenoxy) is 1. The molecule has 0 aliphatic carbocycles. The molecule has 0 fully saturated rings. The first-order valence-corrected chi connectivity index (χ1v) is 11.5. The fraction of sp³-hybridized carbons (Fsp3) is 0.160. The van der Waals surface area contributed by atoms with E-state index in [2.05, 4.69) is 10.3 Å². The summed E-state index contributed by atoms with van der Waals surface area (Å²) in [6, 6.07) is 22.9. The first kappa shape index (κ1) is 21.6. The number of benzene rings is 3. The van der Waals surface area contributed by atoms with Crippen molar-refractivity contribution in [3.8, 4) is 0 Å². The number of pyridine rings is 1. The molecule has 3 aromatic carbocycles. The SMILES string of the molecule is COC(=O)[C@@H](CC[S@@](=O)c1ccccc1)NC(=O)c1c2ccccc2nc2ccccc12. The maximum Gasteiger partial charge on any atom is 0.328 e. The Kier molecular flexibility index (Phi) is 6.56. The number of rotatable bonds is 7. The summed E-state index contributed by atoms with van der Waals surface area (Å²) in [7, 11) is -0.0247. The lowest BCUT2D eigenvalue weighted by Gasteiger charge is -2.18. The molecular weight excluding hydrogens is 424 g/mol. The van der Waals surface area contributed by atoms with Crippen molar-refractivity contribution in [3.05, 3.63) is 84.4 Å². The van der Waals surface area contributed by atoms with E-state index in [0.717, 1.165) is 0 Å². The molecule has 6 nitrogen and oxygen atoms in total. The number of carbonyl (C=O) groups excluding carboxylic acids is 2. The highest BCUT2D eigenvalue weighted by atomic mass is 32.2. The van der Waals surface area contributed by atoms with Gasteiger partial charge in [-0.2, -0.15) is 0 Å². The molecule has 1 amide bonds. The van der Waals surface area contributed by atoms with Crippen molar-refractivity contribution in [2.75, 3.05) is 12.9 Å². The van der Waals surface area contributed by atoms with Crippen molar-refractivity contribution in [2.45, 2.75) is 17.4 Å². The molecule has 0 unspecified atom stereocenters. The van der Waals surface area contributed by atoms with Crippen molar-refractivity contribution in [1.29, 1.82) is 0 Å². The summed E-state index contributed by atoms with van der Waals surface area (Å²) < 4.78 is 17.5. The van der Waals surface area contributed by atoms with E-state index in [-0.39, 0.29) is 12.2 Å². The predicted octanol–water partition coefficient (Wildman–Crippen LogP) is 3.86. The summed E-state index contributed by atoms with van der Waals surface area (Å²) in [5.74, 6) is -0.770. The fourth-order valence-electron chi connectivity index (χ4n) is 3.62. The topological polar surface area (TPSA) is 85.4 Å². The Morgan fingerprint density at radius 2 is 1.47 bits per heavy atom. The zero-order valence-electron chi connectivity index (χ0n) is 17.5. The number of hydrogen-bond acceptors (Lipinski definition) is 5. The van der Waals surface area contributed by atoms with Crippen molar-refractivity contribution >= 4 is 44.5 Å². The van der Waals surface area contributed by atoms with Crippen LogP contribution in [0.5, 0.6) is 0 Å². The molecule has 0 radical (unpaired) electrons. The van der Waals surface area contributed by atoms with Crippen LogP contribution >= 0.6 is 0 Å². The molecule has 1 heterocycles. The third-order valence-electron chi connectivity index (χ3n) is 5.20. The van der Waals surface area contributed by atoms with Gasteiger partial charge in [0.25, 0.3) is 5.91 Å². The van der Waals surface area contributed by atoms with Gasteiger partial charge in [-0.3, -0.25) is 9.00 Å². The first-order chi connectivity index (χ1) is 15.6. The molecule has 0 saturated carbocycles. The third kappa shape index (κ3) is 4.53. The fourth-order valence-corrected chi connectivity index (χ4v) is 4.77. The van der Waals surface area contributed by atoms with Gasteiger partial charge in [-0.15, -0.1) is 0 Å². The predicted molar refractivity (Wildman–Crippen MR) is 125 cm³/mol. The van der Waals surface area contributed by atoms with Crippen LogP contribution in [0.4, 0.5) is 0 Å². The van der Waals surface area contributed by atoms with Crippen molar-refractivity contribution in [1.82, 2.24) is 10.3 Å². The quantitative estimate of drug-likeness (QED) is 0.344. The molecule has 1 N–H and O–H groups in total. The van der Waals surface area contributed by atoms with Crippen LogP contribution in [0.15, 0.2) is 83.8 Å². The lowest BCUT2D eigenvalue weighted by Crippen LogP contribution is -2.42. The highest BCUT2D eigenvalue weighted by Crippen LogP contribution is 2.26. The summed E-state index contributed by atoms with van der Waals surface area (Å²) in [4.78, 5) is 31.1. The minimum absolute atomic E-state index is 0.181. The van der Waals surface area contributed by atoms with E-state index in [0.29, 0.717) is 32.3 Å². The second-order valence-electron chi connectivity index (χ2n) is 7.22. The summed E-state index contributed by atoms with van der Waals surface area (Å²) in [6.45, 7) is 0. The van der Waals surface area contributed by atoms with E-state index in [1.807, 2.05) is 66.7 Å². The highest BCUT2D eigenvalue weighted by Gasteiger charge is 2.25. The molecule has 0 spiro atoms. The van der Waals surface area contributed by atoms with E-state index in [9.17, 15) is 13.8 Å². The van der Waals surface area contributed by atoms with Gasteiger partial charge >= 0.3 is 5.97 Å². The second kappa shape index (κ2) is 9.70. The maximum atomic E-state index is 13.4. The standard InChI is InChI=1S/C25H22N2O4S/c1-31-25(29)22(15-16-32(30)17-9-3-2-4-10-17)27-24(28)23-18-11-5-7-13-20(18)26-21-14-8-6-12-19(21)23/h2-14,22H,15-16H2,1H3,(H,27,28)/t22-,32-/m1/s1. The van der Waals surface area contributed by atoms with Crippen LogP contribution in [0.1, 0.15) is 16.8 Å². The van der Waals surface area contributed by atoms with E-state index in [1.165, 1.54) is 7.11 Å². The van der Waals surface area contributed by atoms with Gasteiger partial charge in [0, 0.05) is 21.4 Å². The molecule has 4 aromatic rings. The van der Waals surface area contributed by atoms with Gasteiger partial charge in [0.2, 0.25) is 0 Å². The second-order valence-corrected chi connectivity index (χ2v) is 8.79. The zero-order chi connectivity index (χ0) is 22.5. The number of nitrogens with one attached hydrogen (secondary N) is 1. The van der Waals surface area contributed by atoms with E-state index >= 15 is 0 Å². The lowest BCUT2D eigenvalue weighted by molar-refractivity contribution is -0.142. The summed E-state index contributed by atoms with van der Waals surface area (Å²) in [5.41, 5.74) is 1.83. The van der Waals surface area contributed by atoms with Crippen molar-refractivity contribution in [2.24, 2.45) is 0 Å². The minimum atomic E-state index is -1.30. The minimum Gasteiger partial charge on any atom is -0.467 e. The number of esters is 1. The zero-order valence-corrected chi connectivity index (χ0v) is 18.3. The van der Waals surface area contributed by atoms with Crippen LogP contribution < -0.4 is 5.32 Å².